The van der Waals surface area contributed by atoms with Gasteiger partial charge in [0.25, 0.3) is 0 Å². The normalized spacial score (nSPS) is 11.8. The third-order valence-electron chi connectivity index (χ3n) is 11.5. The van der Waals surface area contributed by atoms with Crippen LogP contribution in [0.25, 0.3) is 99.2 Å². The van der Waals surface area contributed by atoms with Gasteiger partial charge in [-0.1, -0.05) is 140 Å². The smallest absolute Gasteiger partial charge is 0.144 e. The average molecular weight is 744 g/mol. The summed E-state index contributed by atoms with van der Waals surface area (Å²) in [5, 5.41) is 6.41. The molecule has 272 valence electrons. The summed E-state index contributed by atoms with van der Waals surface area (Å²) in [6, 6.07) is 70.1. The summed E-state index contributed by atoms with van der Waals surface area (Å²) in [6.07, 6.45) is 0. The first-order chi connectivity index (χ1) is 28.7. The highest BCUT2D eigenvalue weighted by molar-refractivity contribution is 6.23. The van der Waals surface area contributed by atoms with Crippen LogP contribution in [0.3, 0.4) is 0 Å². The number of rotatable bonds is 6. The highest BCUT2D eigenvalue weighted by Crippen LogP contribution is 2.47. The first-order valence-corrected chi connectivity index (χ1v) is 19.6. The van der Waals surface area contributed by atoms with Crippen LogP contribution in [-0.4, -0.2) is 0 Å². The number of fused-ring (bicyclic) bond motifs is 9. The molecule has 0 fully saturated rings. The zero-order chi connectivity index (χ0) is 38.2. The van der Waals surface area contributed by atoms with Crippen molar-refractivity contribution < 1.29 is 13.3 Å². The van der Waals surface area contributed by atoms with Crippen molar-refractivity contribution in [2.45, 2.75) is 0 Å². The summed E-state index contributed by atoms with van der Waals surface area (Å²) < 4.78 is 19.8. The van der Waals surface area contributed by atoms with Gasteiger partial charge in [-0.2, -0.15) is 0 Å². The van der Waals surface area contributed by atoms with E-state index < -0.39 is 0 Å². The molecule has 0 spiro atoms. The van der Waals surface area contributed by atoms with E-state index in [-0.39, 0.29) is 0 Å². The molecule has 9 aromatic carbocycles. The molecule has 3 heterocycles. The molecule has 0 bridgehead atoms. The molecule has 12 aromatic rings. The Morgan fingerprint density at radius 1 is 0.293 bits per heavy atom. The van der Waals surface area contributed by atoms with Crippen LogP contribution in [-0.2, 0) is 0 Å². The Bertz CT molecular complexity index is 3480. The average Bonchev–Trinajstić information content (AvgIpc) is 3.98. The van der Waals surface area contributed by atoms with Crippen LogP contribution < -0.4 is 4.90 Å². The van der Waals surface area contributed by atoms with E-state index >= 15 is 0 Å². The van der Waals surface area contributed by atoms with Gasteiger partial charge in [-0.15, -0.1) is 0 Å². The van der Waals surface area contributed by atoms with Gasteiger partial charge in [0.1, 0.15) is 33.5 Å². The van der Waals surface area contributed by atoms with Gasteiger partial charge in [0, 0.05) is 60.5 Å². The van der Waals surface area contributed by atoms with E-state index in [4.69, 9.17) is 13.3 Å². The molecule has 58 heavy (non-hydrogen) atoms. The van der Waals surface area contributed by atoms with Crippen molar-refractivity contribution in [3.05, 3.63) is 200 Å². The quantitative estimate of drug-likeness (QED) is 0.170. The predicted molar refractivity (Wildman–Crippen MR) is 239 cm³/mol. The lowest BCUT2D eigenvalue weighted by molar-refractivity contribution is 0.664. The van der Waals surface area contributed by atoms with E-state index in [0.717, 1.165) is 111 Å². The molecule has 4 nitrogen and oxygen atoms in total. The zero-order valence-electron chi connectivity index (χ0n) is 31.2. The summed E-state index contributed by atoms with van der Waals surface area (Å²) >= 11 is 0. The van der Waals surface area contributed by atoms with Crippen LogP contribution in [0.5, 0.6) is 0 Å². The van der Waals surface area contributed by atoms with Crippen LogP contribution in [0.4, 0.5) is 17.1 Å². The summed E-state index contributed by atoms with van der Waals surface area (Å²) in [5.74, 6) is 0. The minimum atomic E-state index is 0.821. The number of hydrogen-bond donors (Lipinski definition) is 0. The molecule has 0 unspecified atom stereocenters. The minimum Gasteiger partial charge on any atom is -0.456 e. The fourth-order valence-corrected chi connectivity index (χ4v) is 8.77. The molecule has 0 saturated carbocycles. The van der Waals surface area contributed by atoms with Gasteiger partial charge in [-0.05, 0) is 82.9 Å². The van der Waals surface area contributed by atoms with E-state index in [1.807, 2.05) is 30.3 Å². The molecule has 0 aliphatic rings. The molecular weight excluding hydrogens is 711 g/mol. The SMILES string of the molecule is c1ccc(-c2ccc(N(c3ccc(-c4cccc5c4oc4ccccc45)cc3)c3ccc4oc5c(-c6ccccc6)c6c(cc5c4c3)oc3ccccc36)cc2)cc1. The molecule has 0 radical (unpaired) electrons. The van der Waals surface area contributed by atoms with E-state index in [0.29, 0.717) is 0 Å². The van der Waals surface area contributed by atoms with Crippen molar-refractivity contribution in [3.63, 3.8) is 0 Å². The molecule has 0 aliphatic heterocycles. The molecule has 4 heteroatoms. The molecular formula is C54H33NO3. The second-order valence-corrected chi connectivity index (χ2v) is 14.8. The van der Waals surface area contributed by atoms with Gasteiger partial charge < -0.3 is 18.2 Å². The second-order valence-electron chi connectivity index (χ2n) is 14.8. The summed E-state index contributed by atoms with van der Waals surface area (Å²) in [5.41, 5.74) is 14.9. The second kappa shape index (κ2) is 12.9. The van der Waals surface area contributed by atoms with Crippen LogP contribution in [0.15, 0.2) is 213 Å². The minimum absolute atomic E-state index is 0.821. The number of furan rings is 3. The first-order valence-electron chi connectivity index (χ1n) is 19.6. The van der Waals surface area contributed by atoms with Crippen molar-refractivity contribution in [2.24, 2.45) is 0 Å². The highest BCUT2D eigenvalue weighted by atomic mass is 16.3. The fraction of sp³-hybridized carbons (Fsp3) is 0. The van der Waals surface area contributed by atoms with Gasteiger partial charge in [0.15, 0.2) is 0 Å². The van der Waals surface area contributed by atoms with Crippen LogP contribution >= 0.6 is 0 Å². The maximum Gasteiger partial charge on any atom is 0.144 e. The summed E-state index contributed by atoms with van der Waals surface area (Å²) in [6.45, 7) is 0. The lowest BCUT2D eigenvalue weighted by Gasteiger charge is -2.26. The molecule has 0 aliphatic carbocycles. The molecule has 0 amide bonds. The monoisotopic (exact) mass is 743 g/mol. The zero-order valence-corrected chi connectivity index (χ0v) is 31.2. The topological polar surface area (TPSA) is 42.7 Å². The van der Waals surface area contributed by atoms with Crippen molar-refractivity contribution in [3.8, 4) is 33.4 Å². The Kier molecular flexibility index (Phi) is 7.20. The van der Waals surface area contributed by atoms with E-state index in [1.54, 1.807) is 0 Å². The van der Waals surface area contributed by atoms with Gasteiger partial charge in [0.2, 0.25) is 0 Å². The van der Waals surface area contributed by atoms with Crippen LogP contribution in [0, 0.1) is 0 Å². The Hall–Kier alpha value is -7.82. The summed E-state index contributed by atoms with van der Waals surface area (Å²) in [4.78, 5) is 2.32. The van der Waals surface area contributed by atoms with Gasteiger partial charge in [-0.3, -0.25) is 0 Å². The Labute approximate surface area is 333 Å². The van der Waals surface area contributed by atoms with Gasteiger partial charge >= 0.3 is 0 Å². The number of anilines is 3. The van der Waals surface area contributed by atoms with Gasteiger partial charge in [0.05, 0.1) is 0 Å². The highest BCUT2D eigenvalue weighted by Gasteiger charge is 2.23. The van der Waals surface area contributed by atoms with Crippen LogP contribution in [0.2, 0.25) is 0 Å². The number of para-hydroxylation sites is 3. The standard InChI is InChI=1S/C54H33NO3/c1-3-12-34(13-4-1)35-22-26-38(27-23-35)55(39-28-24-36(25-29-39)41-18-11-19-43-42-16-7-9-20-47(42)57-53(41)43)40-30-31-49-45(32-40)46-33-50-52(44-17-8-10-21-48(44)56-50)51(54(46)58-49)37-14-5-2-6-15-37/h1-33H. The molecule has 12 rings (SSSR count). The lowest BCUT2D eigenvalue weighted by atomic mass is 9.96. The fourth-order valence-electron chi connectivity index (χ4n) is 8.77. The molecule has 3 aromatic heterocycles. The van der Waals surface area contributed by atoms with E-state index in [2.05, 4.69) is 175 Å². The number of nitrogens with zero attached hydrogens (tertiary/aromatic N) is 1. The van der Waals surface area contributed by atoms with Crippen LogP contribution in [0.1, 0.15) is 0 Å². The molecule has 0 atom stereocenters. The first kappa shape index (κ1) is 32.4. The lowest BCUT2D eigenvalue weighted by Crippen LogP contribution is -2.09. The Morgan fingerprint density at radius 2 is 0.845 bits per heavy atom. The number of benzene rings is 9. The number of hydrogen-bond acceptors (Lipinski definition) is 4. The maximum absolute atomic E-state index is 6.83. The predicted octanol–water partition coefficient (Wildman–Crippen LogP) is 15.9. The maximum atomic E-state index is 6.83. The molecule has 0 N–H and O–H groups in total. The van der Waals surface area contributed by atoms with Crippen molar-refractivity contribution in [1.82, 2.24) is 0 Å². The van der Waals surface area contributed by atoms with E-state index in [1.165, 1.54) is 5.56 Å². The Morgan fingerprint density at radius 3 is 1.59 bits per heavy atom. The third-order valence-corrected chi connectivity index (χ3v) is 11.5. The van der Waals surface area contributed by atoms with Crippen molar-refractivity contribution in [1.29, 1.82) is 0 Å². The summed E-state index contributed by atoms with van der Waals surface area (Å²) in [7, 11) is 0. The van der Waals surface area contributed by atoms with Gasteiger partial charge in [-0.25, -0.2) is 0 Å². The van der Waals surface area contributed by atoms with Crippen molar-refractivity contribution in [2.75, 3.05) is 4.90 Å². The Balaban J connectivity index is 1.04. The van der Waals surface area contributed by atoms with Crippen molar-refractivity contribution >= 4 is 82.9 Å². The molecule has 0 saturated heterocycles. The third kappa shape index (κ3) is 5.09. The largest absolute Gasteiger partial charge is 0.456 e. The van der Waals surface area contributed by atoms with E-state index in [9.17, 15) is 0 Å².